The predicted molar refractivity (Wildman–Crippen MR) is 71.3 cm³/mol. The van der Waals surface area contributed by atoms with Crippen LogP contribution in [0.5, 0.6) is 0 Å². The molecule has 0 radical (unpaired) electrons. The maximum atomic E-state index is 6.31. The van der Waals surface area contributed by atoms with Crippen LogP contribution < -0.4 is 5.73 Å². The van der Waals surface area contributed by atoms with Crippen molar-refractivity contribution < 1.29 is 0 Å². The number of likely N-dealkylation sites (tertiary alicyclic amines) is 1. The van der Waals surface area contributed by atoms with Crippen molar-refractivity contribution >= 4 is 0 Å². The molecule has 4 atom stereocenters. The Labute approximate surface area is 104 Å². The van der Waals surface area contributed by atoms with Gasteiger partial charge in [0.05, 0.1) is 0 Å². The number of fused-ring (bicyclic) bond motifs is 3. The number of nitrogens with zero attached hydrogens (tertiary/aromatic N) is 1. The zero-order chi connectivity index (χ0) is 12.0. The van der Waals surface area contributed by atoms with Gasteiger partial charge in [-0.3, -0.25) is 0 Å². The van der Waals surface area contributed by atoms with E-state index in [0.717, 1.165) is 6.54 Å². The van der Waals surface area contributed by atoms with Crippen LogP contribution >= 0.6 is 0 Å². The van der Waals surface area contributed by atoms with Crippen molar-refractivity contribution in [1.29, 1.82) is 0 Å². The van der Waals surface area contributed by atoms with Crippen molar-refractivity contribution in [3.8, 4) is 0 Å². The molecule has 17 heavy (non-hydrogen) atoms. The molecule has 0 saturated carbocycles. The highest BCUT2D eigenvalue weighted by Crippen LogP contribution is 2.52. The molecule has 2 N–H and O–H groups in total. The van der Waals surface area contributed by atoms with Crippen molar-refractivity contribution in [2.24, 2.45) is 17.6 Å². The maximum Gasteiger partial charge on any atom is 0.0443 e. The first-order chi connectivity index (χ1) is 8.18. The molecule has 2 heteroatoms. The van der Waals surface area contributed by atoms with Crippen LogP contribution in [0.1, 0.15) is 26.7 Å². The fraction of sp³-hybridized carbons (Fsp3) is 0.600. The van der Waals surface area contributed by atoms with E-state index in [1.54, 1.807) is 0 Å². The van der Waals surface area contributed by atoms with E-state index in [1.807, 2.05) is 0 Å². The number of hydrogen-bond donors (Lipinski definition) is 1. The molecule has 1 fully saturated rings. The Morgan fingerprint density at radius 2 is 2.29 bits per heavy atom. The summed E-state index contributed by atoms with van der Waals surface area (Å²) in [5.41, 5.74) is 8.06. The van der Waals surface area contributed by atoms with Crippen LogP contribution in [0.3, 0.4) is 0 Å². The van der Waals surface area contributed by atoms with Crippen LogP contribution in [0.4, 0.5) is 0 Å². The van der Waals surface area contributed by atoms with Crippen molar-refractivity contribution in [1.82, 2.24) is 4.90 Å². The lowest BCUT2D eigenvalue weighted by molar-refractivity contribution is 0.141. The fourth-order valence-corrected chi connectivity index (χ4v) is 4.06. The van der Waals surface area contributed by atoms with Gasteiger partial charge in [0.15, 0.2) is 0 Å². The van der Waals surface area contributed by atoms with Crippen molar-refractivity contribution in [3.63, 3.8) is 0 Å². The average Bonchev–Trinajstić information content (AvgIpc) is 2.58. The molecule has 2 aliphatic carbocycles. The standard InChI is InChI=1S/C15H22N2/c1-3-17-13-9-6-8-12(16)14(13)11-7-4-5-10-15(11,17)2/h4,6-9,11-12,14H,3,5,10,16H2,1-2H3. The monoisotopic (exact) mass is 230 g/mol. The van der Waals surface area contributed by atoms with E-state index < -0.39 is 0 Å². The zero-order valence-electron chi connectivity index (χ0n) is 10.8. The Bertz CT molecular complexity index is 407. The summed E-state index contributed by atoms with van der Waals surface area (Å²) in [6, 6.07) is 0.179. The van der Waals surface area contributed by atoms with Gasteiger partial charge in [0.25, 0.3) is 0 Å². The molecular formula is C15H22N2. The summed E-state index contributed by atoms with van der Waals surface area (Å²) in [5, 5.41) is 0. The molecule has 92 valence electrons. The Morgan fingerprint density at radius 3 is 3.06 bits per heavy atom. The zero-order valence-corrected chi connectivity index (χ0v) is 10.8. The molecule has 1 aliphatic heterocycles. The van der Waals surface area contributed by atoms with Gasteiger partial charge in [-0.15, -0.1) is 0 Å². The topological polar surface area (TPSA) is 29.3 Å². The fourth-order valence-electron chi connectivity index (χ4n) is 4.06. The summed E-state index contributed by atoms with van der Waals surface area (Å²) < 4.78 is 0. The Morgan fingerprint density at radius 1 is 1.47 bits per heavy atom. The SMILES string of the molecule is CCN1C2=CC=CC(N)C2C2C=CCCC21C. The normalized spacial score (nSPS) is 43.4. The van der Waals surface area contributed by atoms with Gasteiger partial charge in [-0.2, -0.15) is 0 Å². The molecular weight excluding hydrogens is 208 g/mol. The summed E-state index contributed by atoms with van der Waals surface area (Å²) in [4.78, 5) is 2.59. The third-order valence-corrected chi connectivity index (χ3v) is 4.87. The van der Waals surface area contributed by atoms with Gasteiger partial charge in [-0.05, 0) is 32.8 Å². The minimum absolute atomic E-state index is 0.179. The molecule has 0 aromatic rings. The van der Waals surface area contributed by atoms with Gasteiger partial charge in [0.2, 0.25) is 0 Å². The molecule has 0 amide bonds. The lowest BCUT2D eigenvalue weighted by Gasteiger charge is -2.41. The first-order valence-electron chi connectivity index (χ1n) is 6.77. The van der Waals surface area contributed by atoms with Gasteiger partial charge in [-0.1, -0.05) is 24.3 Å². The highest BCUT2D eigenvalue weighted by Gasteiger charge is 2.53. The molecule has 2 nitrogen and oxygen atoms in total. The molecule has 3 aliphatic rings. The van der Waals surface area contributed by atoms with Gasteiger partial charge in [0, 0.05) is 35.7 Å². The van der Waals surface area contributed by atoms with Crippen molar-refractivity contribution in [2.75, 3.05) is 6.54 Å². The van der Waals surface area contributed by atoms with E-state index in [-0.39, 0.29) is 11.6 Å². The lowest BCUT2D eigenvalue weighted by Crippen LogP contribution is -2.45. The second kappa shape index (κ2) is 3.74. The molecule has 4 unspecified atom stereocenters. The number of hydrogen-bond acceptors (Lipinski definition) is 2. The summed E-state index contributed by atoms with van der Waals surface area (Å²) in [6.07, 6.45) is 13.8. The van der Waals surface area contributed by atoms with E-state index in [0.29, 0.717) is 11.8 Å². The number of allylic oxidation sites excluding steroid dienone is 3. The minimum Gasteiger partial charge on any atom is -0.369 e. The Balaban J connectivity index is 2.09. The van der Waals surface area contributed by atoms with E-state index in [9.17, 15) is 0 Å². The number of nitrogens with two attached hydrogens (primary N) is 1. The minimum atomic E-state index is 0.179. The van der Waals surface area contributed by atoms with Gasteiger partial charge in [-0.25, -0.2) is 0 Å². The van der Waals surface area contributed by atoms with Crippen molar-refractivity contribution in [2.45, 2.75) is 38.3 Å². The largest absolute Gasteiger partial charge is 0.369 e. The molecule has 0 bridgehead atoms. The molecule has 1 heterocycles. The highest BCUT2D eigenvalue weighted by molar-refractivity contribution is 5.35. The van der Waals surface area contributed by atoms with Crippen LogP contribution in [0.25, 0.3) is 0 Å². The highest BCUT2D eigenvalue weighted by atomic mass is 15.2. The quantitative estimate of drug-likeness (QED) is 0.701. The number of rotatable bonds is 1. The molecule has 3 rings (SSSR count). The smallest absolute Gasteiger partial charge is 0.0443 e. The summed E-state index contributed by atoms with van der Waals surface area (Å²) >= 11 is 0. The summed E-state index contributed by atoms with van der Waals surface area (Å²) in [7, 11) is 0. The molecule has 0 aromatic heterocycles. The summed E-state index contributed by atoms with van der Waals surface area (Å²) in [5.74, 6) is 1.07. The van der Waals surface area contributed by atoms with E-state index >= 15 is 0 Å². The maximum absolute atomic E-state index is 6.31. The Kier molecular flexibility index (Phi) is 2.44. The Hall–Kier alpha value is -1.02. The first kappa shape index (κ1) is 11.1. The molecule has 0 aromatic carbocycles. The predicted octanol–water partition coefficient (Wildman–Crippen LogP) is 2.44. The summed E-state index contributed by atoms with van der Waals surface area (Å²) in [6.45, 7) is 5.76. The average molecular weight is 230 g/mol. The second-order valence-electron chi connectivity index (χ2n) is 5.67. The van der Waals surface area contributed by atoms with Crippen molar-refractivity contribution in [3.05, 3.63) is 36.1 Å². The van der Waals surface area contributed by atoms with Crippen LogP contribution in [0.15, 0.2) is 36.1 Å². The second-order valence-corrected chi connectivity index (χ2v) is 5.67. The van der Waals surface area contributed by atoms with Gasteiger partial charge < -0.3 is 10.6 Å². The van der Waals surface area contributed by atoms with E-state index in [4.69, 9.17) is 5.73 Å². The molecule has 0 spiro atoms. The molecule has 1 saturated heterocycles. The van der Waals surface area contributed by atoms with Crippen LogP contribution in [-0.2, 0) is 0 Å². The third-order valence-electron chi connectivity index (χ3n) is 4.87. The van der Waals surface area contributed by atoms with Crippen LogP contribution in [0.2, 0.25) is 0 Å². The van der Waals surface area contributed by atoms with E-state index in [2.05, 4.69) is 49.1 Å². The third kappa shape index (κ3) is 1.37. The lowest BCUT2D eigenvalue weighted by atomic mass is 9.72. The van der Waals surface area contributed by atoms with Crippen LogP contribution in [-0.4, -0.2) is 23.0 Å². The first-order valence-corrected chi connectivity index (χ1v) is 6.77. The van der Waals surface area contributed by atoms with E-state index in [1.165, 1.54) is 18.5 Å². The van der Waals surface area contributed by atoms with Gasteiger partial charge in [0.1, 0.15) is 0 Å². The van der Waals surface area contributed by atoms with Gasteiger partial charge >= 0.3 is 0 Å². The van der Waals surface area contributed by atoms with Crippen LogP contribution in [0, 0.1) is 11.8 Å².